The zero-order chi connectivity index (χ0) is 21.5. The van der Waals surface area contributed by atoms with E-state index in [4.69, 9.17) is 4.74 Å². The summed E-state index contributed by atoms with van der Waals surface area (Å²) in [7, 11) is 0. The molecule has 1 atom stereocenters. The SMILES string of the molecule is OCCC/C(=C(\c1ccc(Br)cc1)C1C=CC(OCCN2CC2)=CC1)c1ccccc1. The van der Waals surface area contributed by atoms with Gasteiger partial charge in [0.15, 0.2) is 0 Å². The van der Waals surface area contributed by atoms with Crippen LogP contribution in [-0.2, 0) is 4.74 Å². The van der Waals surface area contributed by atoms with Gasteiger partial charge in [0.25, 0.3) is 0 Å². The highest BCUT2D eigenvalue weighted by molar-refractivity contribution is 9.10. The lowest BCUT2D eigenvalue weighted by atomic mass is 9.81. The second-order valence-corrected chi connectivity index (χ2v) is 9.01. The van der Waals surface area contributed by atoms with Crippen molar-refractivity contribution >= 4 is 27.1 Å². The molecular formula is C27H30BrNO2. The van der Waals surface area contributed by atoms with Gasteiger partial charge in [-0.25, -0.2) is 0 Å². The summed E-state index contributed by atoms with van der Waals surface area (Å²) < 4.78 is 7.05. The molecule has 0 radical (unpaired) electrons. The molecule has 1 unspecified atom stereocenters. The van der Waals surface area contributed by atoms with E-state index in [1.165, 1.54) is 35.4 Å². The second kappa shape index (κ2) is 10.9. The van der Waals surface area contributed by atoms with Gasteiger partial charge in [-0.2, -0.15) is 0 Å². The molecule has 1 aliphatic carbocycles. The van der Waals surface area contributed by atoms with E-state index >= 15 is 0 Å². The highest BCUT2D eigenvalue weighted by Crippen LogP contribution is 2.39. The predicted molar refractivity (Wildman–Crippen MR) is 131 cm³/mol. The Morgan fingerprint density at radius 2 is 1.81 bits per heavy atom. The molecular weight excluding hydrogens is 450 g/mol. The first-order chi connectivity index (χ1) is 15.2. The van der Waals surface area contributed by atoms with Crippen molar-refractivity contribution in [2.24, 2.45) is 5.92 Å². The van der Waals surface area contributed by atoms with Crippen molar-refractivity contribution in [3.05, 3.63) is 94.2 Å². The standard InChI is InChI=1S/C27H30BrNO2/c28-24-12-8-22(9-13-24)27(26(7-4-19-30)21-5-2-1-3-6-21)23-10-14-25(15-11-23)31-20-18-29-16-17-29/h1-3,5-6,8-10,12-15,23,30H,4,7,11,16-20H2/b27-26-. The Kier molecular flexibility index (Phi) is 7.79. The van der Waals surface area contributed by atoms with Gasteiger partial charge in [0.05, 0.1) is 0 Å². The molecule has 1 heterocycles. The molecule has 0 spiro atoms. The lowest BCUT2D eigenvalue weighted by Gasteiger charge is -2.25. The summed E-state index contributed by atoms with van der Waals surface area (Å²) >= 11 is 3.57. The van der Waals surface area contributed by atoms with Crippen molar-refractivity contribution < 1.29 is 9.84 Å². The molecule has 1 aliphatic heterocycles. The Bertz CT molecular complexity index is 943. The van der Waals surface area contributed by atoms with Crippen LogP contribution in [0.25, 0.3) is 11.1 Å². The van der Waals surface area contributed by atoms with E-state index in [2.05, 4.69) is 93.7 Å². The van der Waals surface area contributed by atoms with Gasteiger partial charge >= 0.3 is 0 Å². The van der Waals surface area contributed by atoms with Crippen LogP contribution in [0.15, 0.2) is 83.1 Å². The van der Waals surface area contributed by atoms with Crippen LogP contribution in [0.4, 0.5) is 0 Å². The van der Waals surface area contributed by atoms with Crippen molar-refractivity contribution in [1.82, 2.24) is 4.90 Å². The quantitative estimate of drug-likeness (QED) is 0.338. The second-order valence-electron chi connectivity index (χ2n) is 8.09. The zero-order valence-corrected chi connectivity index (χ0v) is 19.4. The number of ether oxygens (including phenoxy) is 1. The molecule has 162 valence electrons. The fraction of sp³-hybridized carbons (Fsp3) is 0.333. The average Bonchev–Trinajstić information content (AvgIpc) is 3.63. The molecule has 3 nitrogen and oxygen atoms in total. The summed E-state index contributed by atoms with van der Waals surface area (Å²) in [6, 6.07) is 19.2. The van der Waals surface area contributed by atoms with Crippen LogP contribution < -0.4 is 0 Å². The maximum absolute atomic E-state index is 9.55. The molecule has 2 aromatic rings. The van der Waals surface area contributed by atoms with Crippen LogP contribution in [0.2, 0.25) is 0 Å². The predicted octanol–water partition coefficient (Wildman–Crippen LogP) is 5.92. The van der Waals surface area contributed by atoms with Gasteiger partial charge in [-0.3, -0.25) is 4.90 Å². The first-order valence-corrected chi connectivity index (χ1v) is 11.9. The maximum Gasteiger partial charge on any atom is 0.115 e. The minimum atomic E-state index is 0.194. The summed E-state index contributed by atoms with van der Waals surface area (Å²) in [5, 5.41) is 9.55. The number of aliphatic hydroxyl groups excluding tert-OH is 1. The third-order valence-corrected chi connectivity index (χ3v) is 6.37. The number of hydrogen-bond donors (Lipinski definition) is 1. The fourth-order valence-corrected chi connectivity index (χ4v) is 4.34. The molecule has 1 fully saturated rings. The van der Waals surface area contributed by atoms with Crippen molar-refractivity contribution in [3.63, 3.8) is 0 Å². The lowest BCUT2D eigenvalue weighted by Crippen LogP contribution is -2.10. The van der Waals surface area contributed by atoms with Crippen molar-refractivity contribution in [2.45, 2.75) is 19.3 Å². The van der Waals surface area contributed by atoms with Crippen molar-refractivity contribution in [2.75, 3.05) is 32.8 Å². The molecule has 0 amide bonds. The summed E-state index contributed by atoms with van der Waals surface area (Å²) in [5.74, 6) is 1.25. The number of rotatable bonds is 10. The van der Waals surface area contributed by atoms with E-state index in [-0.39, 0.29) is 12.5 Å². The van der Waals surface area contributed by atoms with Crippen LogP contribution in [0.3, 0.4) is 0 Å². The smallest absolute Gasteiger partial charge is 0.115 e. The van der Waals surface area contributed by atoms with Crippen LogP contribution in [0.5, 0.6) is 0 Å². The maximum atomic E-state index is 9.55. The first kappa shape index (κ1) is 22.1. The largest absolute Gasteiger partial charge is 0.493 e. The zero-order valence-electron chi connectivity index (χ0n) is 17.8. The molecule has 0 bridgehead atoms. The Balaban J connectivity index is 1.64. The molecule has 4 heteroatoms. The number of benzene rings is 2. The van der Waals surface area contributed by atoms with Crippen molar-refractivity contribution in [3.8, 4) is 0 Å². The van der Waals surface area contributed by atoms with E-state index in [1.54, 1.807) is 0 Å². The number of hydrogen-bond acceptors (Lipinski definition) is 3. The molecule has 0 aromatic heterocycles. The molecule has 0 saturated carbocycles. The minimum absolute atomic E-state index is 0.194. The van der Waals surface area contributed by atoms with Crippen molar-refractivity contribution in [1.29, 1.82) is 0 Å². The normalized spacial score (nSPS) is 19.0. The number of nitrogens with zero attached hydrogens (tertiary/aromatic N) is 1. The van der Waals surface area contributed by atoms with Gasteiger partial charge in [0.2, 0.25) is 0 Å². The van der Waals surface area contributed by atoms with E-state index in [9.17, 15) is 5.11 Å². The Hall–Kier alpha value is -2.14. The lowest BCUT2D eigenvalue weighted by molar-refractivity contribution is 0.208. The molecule has 31 heavy (non-hydrogen) atoms. The van der Waals surface area contributed by atoms with Gasteiger partial charge in [-0.15, -0.1) is 0 Å². The van der Waals surface area contributed by atoms with Gasteiger partial charge in [0.1, 0.15) is 12.4 Å². The average molecular weight is 480 g/mol. The summed E-state index contributed by atoms with van der Waals surface area (Å²) in [6.45, 7) is 4.37. The van der Waals surface area contributed by atoms with E-state index in [1.807, 2.05) is 0 Å². The third-order valence-electron chi connectivity index (χ3n) is 5.84. The molecule has 2 aliphatic rings. The summed E-state index contributed by atoms with van der Waals surface area (Å²) in [5.41, 5.74) is 5.11. The van der Waals surface area contributed by atoms with Crippen LogP contribution in [0.1, 0.15) is 30.4 Å². The van der Waals surface area contributed by atoms with Gasteiger partial charge in [0, 0.05) is 36.6 Å². The Labute approximate surface area is 193 Å². The molecule has 1 N–H and O–H groups in total. The van der Waals surface area contributed by atoms with E-state index in [0.29, 0.717) is 0 Å². The Morgan fingerprint density at radius 1 is 1.03 bits per heavy atom. The summed E-state index contributed by atoms with van der Waals surface area (Å²) in [4.78, 5) is 2.37. The number of allylic oxidation sites excluding steroid dienone is 5. The fourth-order valence-electron chi connectivity index (χ4n) is 4.08. The van der Waals surface area contributed by atoms with Crippen LogP contribution in [-0.4, -0.2) is 42.9 Å². The molecule has 4 rings (SSSR count). The first-order valence-electron chi connectivity index (χ1n) is 11.1. The minimum Gasteiger partial charge on any atom is -0.493 e. The highest BCUT2D eigenvalue weighted by Gasteiger charge is 2.21. The number of halogens is 1. The molecule has 1 saturated heterocycles. The van der Waals surface area contributed by atoms with Crippen LogP contribution >= 0.6 is 15.9 Å². The van der Waals surface area contributed by atoms with E-state index in [0.717, 1.165) is 42.6 Å². The highest BCUT2D eigenvalue weighted by atomic mass is 79.9. The van der Waals surface area contributed by atoms with Crippen LogP contribution in [0, 0.1) is 5.92 Å². The van der Waals surface area contributed by atoms with Gasteiger partial charge in [-0.1, -0.05) is 64.5 Å². The Morgan fingerprint density at radius 3 is 2.45 bits per heavy atom. The van der Waals surface area contributed by atoms with Gasteiger partial charge in [-0.05, 0) is 65.8 Å². The number of aliphatic hydroxyl groups is 1. The monoisotopic (exact) mass is 479 g/mol. The summed E-state index contributed by atoms with van der Waals surface area (Å²) in [6.07, 6.45) is 9.15. The topological polar surface area (TPSA) is 32.5 Å². The van der Waals surface area contributed by atoms with Gasteiger partial charge < -0.3 is 9.84 Å². The third kappa shape index (κ3) is 6.19. The molecule has 2 aromatic carbocycles. The van der Waals surface area contributed by atoms with E-state index < -0.39 is 0 Å².